The van der Waals surface area contributed by atoms with Gasteiger partial charge in [0.2, 0.25) is 11.8 Å². The topological polar surface area (TPSA) is 122 Å². The predicted octanol–water partition coefficient (Wildman–Crippen LogP) is 0.280. The molecule has 0 bridgehead atoms. The van der Waals surface area contributed by atoms with Gasteiger partial charge >= 0.3 is 5.97 Å². The van der Waals surface area contributed by atoms with Crippen LogP contribution in [0.2, 0.25) is 0 Å². The number of rotatable bonds is 5. The van der Waals surface area contributed by atoms with E-state index in [0.29, 0.717) is 6.42 Å². The monoisotopic (exact) mass is 365 g/mol. The molecule has 9 heteroatoms. The summed E-state index contributed by atoms with van der Waals surface area (Å²) in [5.41, 5.74) is 6.63. The standard InChI is InChI=1S/C16H19N3O5S/c1-24-13-12(16(22)23)19-9(20)7-10(19)25-15(13)18-14(21)11(17)8-5-3-2-4-6-8/h2-3,6,10-11,15H,4-5,7,17H2,1H3,(H,18,21)(H,22,23)/t10-,11-,15?/m1/s1. The number of ether oxygens (including phenoxy) is 1. The minimum absolute atomic E-state index is 0.0415. The minimum atomic E-state index is -1.26. The first-order chi connectivity index (χ1) is 11.9. The van der Waals surface area contributed by atoms with Crippen LogP contribution in [0.1, 0.15) is 19.3 Å². The highest BCUT2D eigenvalue weighted by molar-refractivity contribution is 8.00. The molecule has 3 atom stereocenters. The van der Waals surface area contributed by atoms with Crippen LogP contribution < -0.4 is 11.1 Å². The summed E-state index contributed by atoms with van der Waals surface area (Å²) in [5, 5.41) is 11.2. The zero-order valence-electron chi connectivity index (χ0n) is 13.6. The Morgan fingerprint density at radius 3 is 2.80 bits per heavy atom. The molecule has 0 radical (unpaired) electrons. The largest absolute Gasteiger partial charge is 0.495 e. The highest BCUT2D eigenvalue weighted by Crippen LogP contribution is 2.43. The number of hydrogen-bond acceptors (Lipinski definition) is 6. The van der Waals surface area contributed by atoms with Gasteiger partial charge in [0.15, 0.2) is 11.5 Å². The second-order valence-electron chi connectivity index (χ2n) is 5.84. The van der Waals surface area contributed by atoms with E-state index in [1.54, 1.807) is 0 Å². The minimum Gasteiger partial charge on any atom is -0.495 e. The molecule has 2 aliphatic heterocycles. The van der Waals surface area contributed by atoms with Crippen LogP contribution in [-0.4, -0.2) is 51.7 Å². The van der Waals surface area contributed by atoms with E-state index in [0.717, 1.165) is 12.0 Å². The van der Waals surface area contributed by atoms with Crippen molar-refractivity contribution >= 4 is 29.5 Å². The number of nitrogens with two attached hydrogens (primary N) is 1. The van der Waals surface area contributed by atoms with Gasteiger partial charge in [0, 0.05) is 0 Å². The Hall–Kier alpha value is -2.26. The van der Waals surface area contributed by atoms with Crippen LogP contribution in [0.25, 0.3) is 0 Å². The first kappa shape index (κ1) is 17.6. The van der Waals surface area contributed by atoms with Crippen molar-refractivity contribution in [3.63, 3.8) is 0 Å². The fourth-order valence-corrected chi connectivity index (χ4v) is 4.41. The van der Waals surface area contributed by atoms with Gasteiger partial charge in [-0.15, -0.1) is 11.8 Å². The SMILES string of the molecule is COC1=C(C(=O)O)N2C(=O)C[C@H]2SC1NC(=O)[C@H](N)C1=CCC=CC1. The highest BCUT2D eigenvalue weighted by atomic mass is 32.2. The van der Waals surface area contributed by atoms with Gasteiger partial charge in [-0.3, -0.25) is 14.5 Å². The second kappa shape index (κ2) is 6.93. The maximum Gasteiger partial charge on any atom is 0.356 e. The van der Waals surface area contributed by atoms with E-state index < -0.39 is 23.3 Å². The maximum atomic E-state index is 12.5. The number of allylic oxidation sites excluding steroid dienone is 3. The van der Waals surface area contributed by atoms with E-state index in [4.69, 9.17) is 10.5 Å². The fraction of sp³-hybridized carbons (Fsp3) is 0.438. The molecule has 3 aliphatic rings. The first-order valence-electron chi connectivity index (χ1n) is 7.83. The Kier molecular flexibility index (Phi) is 4.87. The van der Waals surface area contributed by atoms with E-state index >= 15 is 0 Å². The van der Waals surface area contributed by atoms with Crippen molar-refractivity contribution in [1.82, 2.24) is 10.2 Å². The summed E-state index contributed by atoms with van der Waals surface area (Å²) < 4.78 is 5.21. The number of nitrogens with one attached hydrogen (secondary N) is 1. The van der Waals surface area contributed by atoms with Crippen LogP contribution in [0, 0.1) is 0 Å². The molecule has 1 aliphatic carbocycles. The molecule has 0 spiro atoms. The van der Waals surface area contributed by atoms with Crippen molar-refractivity contribution in [3.05, 3.63) is 35.3 Å². The molecule has 0 aromatic rings. The number of fused-ring (bicyclic) bond motifs is 1. The number of nitrogens with zero attached hydrogens (tertiary/aromatic N) is 1. The maximum absolute atomic E-state index is 12.5. The van der Waals surface area contributed by atoms with Gasteiger partial charge in [0.1, 0.15) is 11.4 Å². The summed E-state index contributed by atoms with van der Waals surface area (Å²) >= 11 is 1.27. The molecule has 134 valence electrons. The molecule has 0 aromatic carbocycles. The Labute approximate surface area is 148 Å². The van der Waals surface area contributed by atoms with Crippen molar-refractivity contribution in [1.29, 1.82) is 0 Å². The third-order valence-electron chi connectivity index (χ3n) is 4.33. The Morgan fingerprint density at radius 2 is 2.24 bits per heavy atom. The average molecular weight is 365 g/mol. The number of carbonyl (C=O) groups excluding carboxylic acids is 2. The third-order valence-corrected chi connectivity index (χ3v) is 5.62. The number of methoxy groups -OCH3 is 1. The van der Waals surface area contributed by atoms with Crippen LogP contribution >= 0.6 is 11.8 Å². The number of amides is 2. The first-order valence-corrected chi connectivity index (χ1v) is 8.77. The molecular weight excluding hydrogens is 346 g/mol. The number of carboxylic acids is 1. The van der Waals surface area contributed by atoms with Crippen LogP contribution in [0.15, 0.2) is 35.3 Å². The number of β-lactam (4-membered cyclic amide) rings is 1. The van der Waals surface area contributed by atoms with Crippen molar-refractivity contribution in [2.45, 2.75) is 36.1 Å². The number of hydrogen-bond donors (Lipinski definition) is 3. The Morgan fingerprint density at radius 1 is 1.48 bits per heavy atom. The molecule has 1 saturated heterocycles. The van der Waals surface area contributed by atoms with E-state index in [9.17, 15) is 19.5 Å². The van der Waals surface area contributed by atoms with E-state index in [-0.39, 0.29) is 29.2 Å². The molecule has 0 saturated carbocycles. The number of aliphatic carboxylic acids is 1. The van der Waals surface area contributed by atoms with Crippen molar-refractivity contribution in [3.8, 4) is 0 Å². The Bertz CT molecular complexity index is 715. The van der Waals surface area contributed by atoms with Gasteiger partial charge in [0.25, 0.3) is 0 Å². The number of thioether (sulfide) groups is 1. The summed E-state index contributed by atoms with van der Waals surface area (Å²) in [6, 6.07) is -0.807. The molecule has 8 nitrogen and oxygen atoms in total. The third kappa shape index (κ3) is 3.16. The fourth-order valence-electron chi connectivity index (χ4n) is 3.00. The molecule has 1 unspecified atom stereocenters. The zero-order valence-corrected chi connectivity index (χ0v) is 14.4. The number of carbonyl (C=O) groups is 3. The number of carboxylic acid groups (broad SMARTS) is 1. The van der Waals surface area contributed by atoms with Gasteiger partial charge in [-0.05, 0) is 18.4 Å². The van der Waals surface area contributed by atoms with Crippen LogP contribution in [-0.2, 0) is 19.1 Å². The van der Waals surface area contributed by atoms with E-state index in [1.807, 2.05) is 18.2 Å². The van der Waals surface area contributed by atoms with Gasteiger partial charge < -0.3 is 20.9 Å². The summed E-state index contributed by atoms with van der Waals surface area (Å²) in [5.74, 6) is -1.90. The molecule has 2 amide bonds. The molecule has 4 N–H and O–H groups in total. The Balaban J connectivity index is 1.80. The lowest BCUT2D eigenvalue weighted by Crippen LogP contribution is -2.58. The molecule has 2 heterocycles. The lowest BCUT2D eigenvalue weighted by Gasteiger charge is -2.45. The summed E-state index contributed by atoms with van der Waals surface area (Å²) in [6.07, 6.45) is 7.45. The lowest BCUT2D eigenvalue weighted by atomic mass is 9.98. The summed E-state index contributed by atoms with van der Waals surface area (Å²) in [7, 11) is 1.32. The van der Waals surface area contributed by atoms with Crippen molar-refractivity contribution in [2.24, 2.45) is 5.73 Å². The summed E-state index contributed by atoms with van der Waals surface area (Å²) in [4.78, 5) is 37.0. The van der Waals surface area contributed by atoms with E-state index in [1.165, 1.54) is 23.8 Å². The molecule has 3 rings (SSSR count). The molecule has 1 fully saturated rings. The van der Waals surface area contributed by atoms with Gasteiger partial charge in [0.05, 0.1) is 18.9 Å². The quantitative estimate of drug-likeness (QED) is 0.472. The highest BCUT2D eigenvalue weighted by Gasteiger charge is 2.50. The predicted molar refractivity (Wildman–Crippen MR) is 90.9 cm³/mol. The van der Waals surface area contributed by atoms with E-state index in [2.05, 4.69) is 5.32 Å². The molecule has 0 aromatic heterocycles. The average Bonchev–Trinajstić information content (AvgIpc) is 2.60. The molecular formula is C16H19N3O5S. The van der Waals surface area contributed by atoms with Crippen LogP contribution in [0.5, 0.6) is 0 Å². The van der Waals surface area contributed by atoms with Gasteiger partial charge in [-0.2, -0.15) is 0 Å². The van der Waals surface area contributed by atoms with Crippen LogP contribution in [0.4, 0.5) is 0 Å². The van der Waals surface area contributed by atoms with Crippen LogP contribution in [0.3, 0.4) is 0 Å². The molecule has 25 heavy (non-hydrogen) atoms. The normalized spacial score (nSPS) is 26.4. The zero-order chi connectivity index (χ0) is 18.1. The van der Waals surface area contributed by atoms with Gasteiger partial charge in [-0.1, -0.05) is 18.2 Å². The van der Waals surface area contributed by atoms with Crippen molar-refractivity contribution < 1.29 is 24.2 Å². The smallest absolute Gasteiger partial charge is 0.356 e. The van der Waals surface area contributed by atoms with Gasteiger partial charge in [-0.25, -0.2) is 4.79 Å². The second-order valence-corrected chi connectivity index (χ2v) is 7.13. The van der Waals surface area contributed by atoms with Crippen molar-refractivity contribution in [2.75, 3.05) is 7.11 Å². The lowest BCUT2D eigenvalue weighted by molar-refractivity contribution is -0.146. The summed E-state index contributed by atoms with van der Waals surface area (Å²) in [6.45, 7) is 0.